The number of rotatable bonds is 4. The first-order valence-corrected chi connectivity index (χ1v) is 4.41. The summed E-state index contributed by atoms with van der Waals surface area (Å²) >= 11 is 0. The van der Waals surface area contributed by atoms with Gasteiger partial charge in [-0.3, -0.25) is 10.1 Å². The van der Waals surface area contributed by atoms with E-state index in [4.69, 9.17) is 5.73 Å². The van der Waals surface area contributed by atoms with Crippen LogP contribution in [0.1, 0.15) is 18.1 Å². The molecule has 0 heterocycles. The van der Waals surface area contributed by atoms with Gasteiger partial charge in [0.1, 0.15) is 5.75 Å². The van der Waals surface area contributed by atoms with E-state index in [1.165, 1.54) is 12.1 Å². The van der Waals surface area contributed by atoms with Gasteiger partial charge in [-0.1, -0.05) is 0 Å². The Balaban J connectivity index is 3.12. The molecule has 0 aliphatic heterocycles. The highest BCUT2D eigenvalue weighted by atomic mass is 16.6. The van der Waals surface area contributed by atoms with Gasteiger partial charge in [-0.15, -0.1) is 0 Å². The molecule has 0 aromatic heterocycles. The monoisotopic (exact) mass is 212 g/mol. The van der Waals surface area contributed by atoms with Gasteiger partial charge in [-0.25, -0.2) is 0 Å². The van der Waals surface area contributed by atoms with Gasteiger partial charge in [0, 0.05) is 6.07 Å². The minimum atomic E-state index is -1.03. The summed E-state index contributed by atoms with van der Waals surface area (Å²) in [5.41, 5.74) is 5.11. The van der Waals surface area contributed by atoms with Crippen LogP contribution < -0.4 is 5.73 Å². The standard InChI is InChI=1S/C9H12N2O4/c10-4-3-9(13)7-5-6(12)1-2-8(7)11(14)15/h1-2,5,9,12-13H,3-4,10H2/t9-/m0/s1. The molecule has 0 amide bonds. The fourth-order valence-electron chi connectivity index (χ4n) is 1.29. The Morgan fingerprint density at radius 1 is 1.53 bits per heavy atom. The fourth-order valence-corrected chi connectivity index (χ4v) is 1.29. The Hall–Kier alpha value is -1.66. The van der Waals surface area contributed by atoms with E-state index in [0.717, 1.165) is 6.07 Å². The molecule has 0 aliphatic rings. The molecule has 1 aromatic carbocycles. The number of nitro benzene ring substituents is 1. The molecule has 1 aromatic rings. The topological polar surface area (TPSA) is 110 Å². The lowest BCUT2D eigenvalue weighted by Gasteiger charge is -2.10. The van der Waals surface area contributed by atoms with Crippen molar-refractivity contribution in [1.29, 1.82) is 0 Å². The summed E-state index contributed by atoms with van der Waals surface area (Å²) in [6.07, 6.45) is -0.813. The third-order valence-electron chi connectivity index (χ3n) is 2.01. The Morgan fingerprint density at radius 2 is 2.20 bits per heavy atom. The second kappa shape index (κ2) is 4.72. The van der Waals surface area contributed by atoms with Crippen molar-refractivity contribution in [3.8, 4) is 5.75 Å². The zero-order valence-corrected chi connectivity index (χ0v) is 7.96. The summed E-state index contributed by atoms with van der Waals surface area (Å²) in [6.45, 7) is 0.216. The smallest absolute Gasteiger partial charge is 0.275 e. The van der Waals surface area contributed by atoms with Crippen molar-refractivity contribution >= 4 is 5.69 Å². The molecule has 15 heavy (non-hydrogen) atoms. The molecule has 0 unspecified atom stereocenters. The van der Waals surface area contributed by atoms with Crippen LogP contribution in [0.15, 0.2) is 18.2 Å². The van der Waals surface area contributed by atoms with Gasteiger partial charge in [0.2, 0.25) is 0 Å². The Morgan fingerprint density at radius 3 is 2.73 bits per heavy atom. The van der Waals surface area contributed by atoms with Gasteiger partial charge >= 0.3 is 0 Å². The SMILES string of the molecule is NCC[C@H](O)c1cc(O)ccc1[N+](=O)[O-]. The number of hydrogen-bond acceptors (Lipinski definition) is 5. The summed E-state index contributed by atoms with van der Waals surface area (Å²) in [5.74, 6) is -0.119. The van der Waals surface area contributed by atoms with E-state index in [1.54, 1.807) is 0 Å². The molecule has 4 N–H and O–H groups in total. The van der Waals surface area contributed by atoms with E-state index in [-0.39, 0.29) is 30.0 Å². The molecule has 0 fully saturated rings. The number of nitro groups is 1. The number of aromatic hydroxyl groups is 1. The van der Waals surface area contributed by atoms with Gasteiger partial charge in [-0.05, 0) is 25.1 Å². The van der Waals surface area contributed by atoms with Crippen LogP contribution in [0.4, 0.5) is 5.69 Å². The van der Waals surface area contributed by atoms with E-state index in [2.05, 4.69) is 0 Å². The minimum Gasteiger partial charge on any atom is -0.508 e. The van der Waals surface area contributed by atoms with E-state index in [0.29, 0.717) is 0 Å². The van der Waals surface area contributed by atoms with Crippen molar-refractivity contribution in [2.75, 3.05) is 6.54 Å². The summed E-state index contributed by atoms with van der Waals surface area (Å²) in [5, 5.41) is 29.4. The predicted octanol–water partition coefficient (Wildman–Crippen LogP) is 0.683. The van der Waals surface area contributed by atoms with E-state index >= 15 is 0 Å². The molecule has 0 bridgehead atoms. The van der Waals surface area contributed by atoms with Crippen LogP contribution >= 0.6 is 0 Å². The second-order valence-electron chi connectivity index (χ2n) is 3.09. The van der Waals surface area contributed by atoms with Gasteiger partial charge < -0.3 is 15.9 Å². The van der Waals surface area contributed by atoms with Crippen LogP contribution in [0.3, 0.4) is 0 Å². The number of aliphatic hydroxyl groups excluding tert-OH is 1. The minimum absolute atomic E-state index is 0.0884. The average molecular weight is 212 g/mol. The number of nitrogens with two attached hydrogens (primary N) is 1. The molecular weight excluding hydrogens is 200 g/mol. The van der Waals surface area contributed by atoms with Crippen molar-refractivity contribution in [2.45, 2.75) is 12.5 Å². The first kappa shape index (κ1) is 11.4. The number of hydrogen-bond donors (Lipinski definition) is 3. The molecular formula is C9H12N2O4. The van der Waals surface area contributed by atoms with Gasteiger partial charge in [-0.2, -0.15) is 0 Å². The Bertz CT molecular complexity index is 367. The maximum atomic E-state index is 10.6. The normalized spacial score (nSPS) is 12.4. The van der Waals surface area contributed by atoms with Crippen molar-refractivity contribution in [1.82, 2.24) is 0 Å². The molecule has 1 rings (SSSR count). The molecule has 0 saturated heterocycles. The first-order chi connectivity index (χ1) is 7.06. The summed E-state index contributed by atoms with van der Waals surface area (Å²) in [4.78, 5) is 10.0. The number of phenols is 1. The zero-order valence-electron chi connectivity index (χ0n) is 7.96. The lowest BCUT2D eigenvalue weighted by molar-refractivity contribution is -0.386. The summed E-state index contributed by atoms with van der Waals surface area (Å²) < 4.78 is 0. The molecule has 6 nitrogen and oxygen atoms in total. The lowest BCUT2D eigenvalue weighted by atomic mass is 10.0. The van der Waals surface area contributed by atoms with Crippen LogP contribution in [0, 0.1) is 10.1 Å². The Kier molecular flexibility index (Phi) is 3.59. The third-order valence-corrected chi connectivity index (χ3v) is 2.01. The zero-order chi connectivity index (χ0) is 11.4. The highest BCUT2D eigenvalue weighted by molar-refractivity contribution is 5.46. The molecule has 82 valence electrons. The molecule has 0 radical (unpaired) electrons. The summed E-state index contributed by atoms with van der Waals surface area (Å²) in [7, 11) is 0. The number of nitrogens with zero attached hydrogens (tertiary/aromatic N) is 1. The van der Waals surface area contributed by atoms with Crippen LogP contribution in [-0.2, 0) is 0 Å². The number of benzene rings is 1. The fraction of sp³-hybridized carbons (Fsp3) is 0.333. The molecule has 0 spiro atoms. The van der Waals surface area contributed by atoms with Crippen LogP contribution in [0.2, 0.25) is 0 Å². The quantitative estimate of drug-likeness (QED) is 0.502. The molecule has 6 heteroatoms. The van der Waals surface area contributed by atoms with Crippen molar-refractivity contribution in [3.63, 3.8) is 0 Å². The lowest BCUT2D eigenvalue weighted by Crippen LogP contribution is -2.08. The van der Waals surface area contributed by atoms with Gasteiger partial charge in [0.05, 0.1) is 16.6 Å². The second-order valence-corrected chi connectivity index (χ2v) is 3.09. The summed E-state index contributed by atoms with van der Waals surface area (Å²) in [6, 6.07) is 3.54. The van der Waals surface area contributed by atoms with Gasteiger partial charge in [0.15, 0.2) is 0 Å². The third kappa shape index (κ3) is 2.64. The largest absolute Gasteiger partial charge is 0.508 e. The van der Waals surface area contributed by atoms with Crippen molar-refractivity contribution in [3.05, 3.63) is 33.9 Å². The number of phenolic OH excluding ortho intramolecular Hbond substituents is 1. The molecule has 0 aliphatic carbocycles. The van der Waals surface area contributed by atoms with Crippen molar-refractivity contribution in [2.24, 2.45) is 5.73 Å². The van der Waals surface area contributed by atoms with Gasteiger partial charge in [0.25, 0.3) is 5.69 Å². The van der Waals surface area contributed by atoms with Crippen LogP contribution in [0.25, 0.3) is 0 Å². The highest BCUT2D eigenvalue weighted by Gasteiger charge is 2.20. The van der Waals surface area contributed by atoms with E-state index in [9.17, 15) is 20.3 Å². The Labute approximate surface area is 86.1 Å². The first-order valence-electron chi connectivity index (χ1n) is 4.41. The number of aliphatic hydroxyl groups is 1. The van der Waals surface area contributed by atoms with Crippen LogP contribution in [0.5, 0.6) is 5.75 Å². The van der Waals surface area contributed by atoms with Crippen molar-refractivity contribution < 1.29 is 15.1 Å². The van der Waals surface area contributed by atoms with Crippen LogP contribution in [-0.4, -0.2) is 21.7 Å². The highest BCUT2D eigenvalue weighted by Crippen LogP contribution is 2.29. The predicted molar refractivity (Wildman–Crippen MR) is 53.4 cm³/mol. The average Bonchev–Trinajstić information content (AvgIpc) is 2.17. The molecule has 0 saturated carbocycles. The molecule has 1 atom stereocenters. The van der Waals surface area contributed by atoms with E-state index < -0.39 is 11.0 Å². The maximum absolute atomic E-state index is 10.6. The maximum Gasteiger partial charge on any atom is 0.275 e. The van der Waals surface area contributed by atoms with E-state index in [1.807, 2.05) is 0 Å².